The number of likely N-dealkylation sites (tertiary alicyclic amines) is 1. The third-order valence-corrected chi connectivity index (χ3v) is 5.85. The summed E-state index contributed by atoms with van der Waals surface area (Å²) in [4.78, 5) is 35.9. The smallest absolute Gasteiger partial charge is 0.415 e. The van der Waals surface area contributed by atoms with E-state index < -0.39 is 5.60 Å². The molecule has 3 aliphatic rings. The van der Waals surface area contributed by atoms with Gasteiger partial charge < -0.3 is 9.64 Å². The first kappa shape index (κ1) is 33.1. The van der Waals surface area contributed by atoms with Gasteiger partial charge in [-0.05, 0) is 52.5 Å². The molecule has 0 bridgehead atoms. The fourth-order valence-corrected chi connectivity index (χ4v) is 4.53. The average molecular weight is 497 g/mol. The molecule has 8 nitrogen and oxygen atoms in total. The van der Waals surface area contributed by atoms with E-state index in [0.717, 1.165) is 19.5 Å². The average Bonchev–Trinajstić information content (AvgIpc) is 3.28. The van der Waals surface area contributed by atoms with Crippen molar-refractivity contribution in [2.24, 2.45) is 16.8 Å². The van der Waals surface area contributed by atoms with Crippen LogP contribution in [-0.2, 0) is 14.4 Å². The van der Waals surface area contributed by atoms with Crippen molar-refractivity contribution in [3.8, 4) is 0 Å². The number of amides is 2. The Kier molecular flexibility index (Phi) is 17.3. The summed E-state index contributed by atoms with van der Waals surface area (Å²) in [5, 5.41) is 1.54. The minimum Gasteiger partial charge on any atom is -0.443 e. The van der Waals surface area contributed by atoms with Gasteiger partial charge in [0.15, 0.2) is 0 Å². The highest BCUT2D eigenvalue weighted by Crippen LogP contribution is 2.36. The van der Waals surface area contributed by atoms with Gasteiger partial charge in [-0.2, -0.15) is 0 Å². The van der Waals surface area contributed by atoms with E-state index in [4.69, 9.17) is 9.57 Å². The van der Waals surface area contributed by atoms with E-state index in [-0.39, 0.29) is 12.1 Å². The van der Waals surface area contributed by atoms with Crippen LogP contribution in [0.2, 0.25) is 0 Å². The zero-order valence-electron chi connectivity index (χ0n) is 23.7. The van der Waals surface area contributed by atoms with Gasteiger partial charge in [0, 0.05) is 19.6 Å². The van der Waals surface area contributed by atoms with Crippen molar-refractivity contribution in [2.75, 3.05) is 39.8 Å². The fraction of sp³-hybridized carbons (Fsp3) is 0.815. The van der Waals surface area contributed by atoms with Crippen LogP contribution >= 0.6 is 0 Å². The highest BCUT2D eigenvalue weighted by atomic mass is 16.7. The Bertz CT molecular complexity index is 621. The number of piperidine rings is 1. The Morgan fingerprint density at radius 2 is 1.80 bits per heavy atom. The van der Waals surface area contributed by atoms with E-state index in [0.29, 0.717) is 31.5 Å². The van der Waals surface area contributed by atoms with Gasteiger partial charge in [0.1, 0.15) is 5.60 Å². The summed E-state index contributed by atoms with van der Waals surface area (Å²) in [6, 6.07) is 0.194. The second kappa shape index (κ2) is 18.4. The maximum atomic E-state index is 11.3. The number of rotatable bonds is 5. The van der Waals surface area contributed by atoms with Crippen molar-refractivity contribution in [3.05, 3.63) is 12.7 Å². The molecule has 3 rings (SSSR count). The lowest BCUT2D eigenvalue weighted by Gasteiger charge is -2.44. The van der Waals surface area contributed by atoms with E-state index in [9.17, 15) is 9.59 Å². The van der Waals surface area contributed by atoms with E-state index in [1.54, 1.807) is 11.1 Å². The quantitative estimate of drug-likeness (QED) is 0.290. The largest absolute Gasteiger partial charge is 0.443 e. The molecule has 2 amide bonds. The van der Waals surface area contributed by atoms with Crippen LogP contribution in [0, 0.1) is 11.8 Å². The van der Waals surface area contributed by atoms with E-state index in [1.165, 1.54) is 43.3 Å². The molecule has 2 unspecified atom stereocenters. The first-order chi connectivity index (χ1) is 16.7. The van der Waals surface area contributed by atoms with E-state index >= 15 is 0 Å². The SMILES string of the molecule is C=CCON(C=O)[C@H]1CN(C)CC2CCCCCC21.CC.CC.CC(C)(C)OC(=O)N1C=NCC1. The second-order valence-electron chi connectivity index (χ2n) is 9.60. The number of nitrogens with zero attached hydrogens (tertiary/aromatic N) is 4. The second-order valence-corrected chi connectivity index (χ2v) is 9.60. The molecule has 0 aromatic heterocycles. The van der Waals surface area contributed by atoms with Crippen molar-refractivity contribution in [1.82, 2.24) is 14.9 Å². The Hall–Kier alpha value is -1.93. The molecule has 8 heteroatoms. The third kappa shape index (κ3) is 12.5. The summed E-state index contributed by atoms with van der Waals surface area (Å²) in [7, 11) is 2.14. The van der Waals surface area contributed by atoms with Crippen LogP contribution in [0.4, 0.5) is 4.79 Å². The van der Waals surface area contributed by atoms with Crippen molar-refractivity contribution >= 4 is 18.8 Å². The molecule has 0 N–H and O–H groups in total. The molecular weight excluding hydrogens is 444 g/mol. The molecule has 0 aromatic rings. The Morgan fingerprint density at radius 3 is 2.34 bits per heavy atom. The van der Waals surface area contributed by atoms with Crippen LogP contribution in [0.1, 0.15) is 80.6 Å². The van der Waals surface area contributed by atoms with Gasteiger partial charge >= 0.3 is 6.09 Å². The van der Waals surface area contributed by atoms with Crippen molar-refractivity contribution < 1.29 is 19.2 Å². The number of aliphatic imine (C=N–C) groups is 1. The molecular formula is C27H52N4O4. The number of hydrogen-bond donors (Lipinski definition) is 0. The summed E-state index contributed by atoms with van der Waals surface area (Å²) in [5.74, 6) is 1.30. The predicted octanol–water partition coefficient (Wildman–Crippen LogP) is 5.39. The maximum Gasteiger partial charge on any atom is 0.415 e. The first-order valence-corrected chi connectivity index (χ1v) is 13.4. The molecule has 2 fully saturated rings. The third-order valence-electron chi connectivity index (χ3n) is 5.85. The number of ether oxygens (including phenoxy) is 1. The van der Waals surface area contributed by atoms with Gasteiger partial charge in [0.2, 0.25) is 6.41 Å². The number of likely N-dealkylation sites (N-methyl/N-ethyl adjacent to an activating group) is 1. The normalized spacial score (nSPS) is 23.5. The van der Waals surface area contributed by atoms with Gasteiger partial charge in [0.25, 0.3) is 0 Å². The Morgan fingerprint density at radius 1 is 1.14 bits per heavy atom. The summed E-state index contributed by atoms with van der Waals surface area (Å²) >= 11 is 0. The molecule has 2 heterocycles. The molecule has 204 valence electrons. The van der Waals surface area contributed by atoms with E-state index in [1.807, 2.05) is 48.5 Å². The first-order valence-electron chi connectivity index (χ1n) is 13.4. The van der Waals surface area contributed by atoms with Crippen molar-refractivity contribution in [2.45, 2.75) is 92.2 Å². The van der Waals surface area contributed by atoms with Gasteiger partial charge in [-0.25, -0.2) is 9.86 Å². The Balaban J connectivity index is 0.000000623. The van der Waals surface area contributed by atoms with Crippen LogP contribution in [0.3, 0.4) is 0 Å². The van der Waals surface area contributed by atoms with Gasteiger partial charge in [-0.15, -0.1) is 6.58 Å². The molecule has 1 aliphatic carbocycles. The number of hydroxylamine groups is 2. The van der Waals surface area contributed by atoms with Gasteiger partial charge in [-0.3, -0.25) is 19.5 Å². The minimum atomic E-state index is -0.423. The molecule has 3 atom stereocenters. The van der Waals surface area contributed by atoms with Gasteiger partial charge in [-0.1, -0.05) is 53.0 Å². The van der Waals surface area contributed by atoms with Crippen LogP contribution in [0.25, 0.3) is 0 Å². The molecule has 0 aromatic carbocycles. The maximum absolute atomic E-state index is 11.3. The highest BCUT2D eigenvalue weighted by Gasteiger charge is 2.39. The molecule has 1 saturated heterocycles. The summed E-state index contributed by atoms with van der Waals surface area (Å²) < 4.78 is 5.12. The van der Waals surface area contributed by atoms with Crippen molar-refractivity contribution in [1.29, 1.82) is 0 Å². The summed E-state index contributed by atoms with van der Waals surface area (Å²) in [5.41, 5.74) is -0.423. The molecule has 1 saturated carbocycles. The van der Waals surface area contributed by atoms with Crippen LogP contribution < -0.4 is 0 Å². The molecule has 2 aliphatic heterocycles. The fourth-order valence-electron chi connectivity index (χ4n) is 4.53. The number of fused-ring (bicyclic) bond motifs is 1. The Labute approximate surface area is 214 Å². The summed E-state index contributed by atoms with van der Waals surface area (Å²) in [6.07, 6.45) is 10.2. The number of carbonyl (C=O) groups is 2. The van der Waals surface area contributed by atoms with E-state index in [2.05, 4.69) is 23.5 Å². The zero-order chi connectivity index (χ0) is 26.9. The summed E-state index contributed by atoms with van der Waals surface area (Å²) in [6.45, 7) is 21.0. The number of hydrogen-bond acceptors (Lipinski definition) is 6. The van der Waals surface area contributed by atoms with Crippen molar-refractivity contribution in [3.63, 3.8) is 0 Å². The lowest BCUT2D eigenvalue weighted by atomic mass is 9.79. The highest BCUT2D eigenvalue weighted by molar-refractivity contribution is 5.83. The molecule has 0 spiro atoms. The minimum absolute atomic E-state index is 0.194. The van der Waals surface area contributed by atoms with Crippen LogP contribution in [-0.4, -0.2) is 85.2 Å². The zero-order valence-corrected chi connectivity index (χ0v) is 23.7. The molecule has 35 heavy (non-hydrogen) atoms. The lowest BCUT2D eigenvalue weighted by molar-refractivity contribution is -0.197. The standard InChI is InChI=1S/C15H26N2O2.C8H14N2O2.2C2H6/c1-3-9-19-17(12-18)15-11-16(2)10-13-7-5-4-6-8-14(13)15;1-8(2,3)12-7(11)10-5-4-9-6-10;2*1-2/h3,12-15H,1,4-11H2,2H3;6H,4-5H2,1-3H3;2*1-2H3/t13?,14?,15-;;;/m0.../s1. The van der Waals surface area contributed by atoms with Gasteiger partial charge in [0.05, 0.1) is 25.5 Å². The monoisotopic (exact) mass is 496 g/mol. The predicted molar refractivity (Wildman–Crippen MR) is 144 cm³/mol. The topological polar surface area (TPSA) is 74.7 Å². The number of carbonyl (C=O) groups excluding carboxylic acids is 2. The van der Waals surface area contributed by atoms with Crippen LogP contribution in [0.5, 0.6) is 0 Å². The van der Waals surface area contributed by atoms with Crippen LogP contribution in [0.15, 0.2) is 17.6 Å². The molecule has 0 radical (unpaired) electrons. The lowest BCUT2D eigenvalue weighted by Crippen LogP contribution is -2.54.